The van der Waals surface area contributed by atoms with Crippen LogP contribution in [0.2, 0.25) is 0 Å². The molecule has 1 heterocycles. The normalized spacial score (nSPS) is 10.7. The molecule has 0 radical (unpaired) electrons. The van der Waals surface area contributed by atoms with Gasteiger partial charge in [0.15, 0.2) is 0 Å². The van der Waals surface area contributed by atoms with E-state index in [1.54, 1.807) is 36.4 Å². The molecule has 0 aliphatic rings. The minimum absolute atomic E-state index is 0.0375. The zero-order valence-electron chi connectivity index (χ0n) is 15.7. The number of aromatic amines is 1. The fraction of sp³-hybridized carbons (Fsp3) is 0.0455. The van der Waals surface area contributed by atoms with E-state index in [0.29, 0.717) is 11.4 Å². The minimum Gasteiger partial charge on any atom is -0.457 e. The summed E-state index contributed by atoms with van der Waals surface area (Å²) in [4.78, 5) is 25.9. The maximum Gasteiger partial charge on any atom is 0.270 e. The molecule has 3 aromatic carbocycles. The Labute approximate surface area is 176 Å². The fourth-order valence-electron chi connectivity index (χ4n) is 2.86. The Bertz CT molecular complexity index is 1190. The van der Waals surface area contributed by atoms with E-state index in [1.165, 1.54) is 23.9 Å². The number of carbonyl (C=O) groups excluding carboxylic acids is 1. The second kappa shape index (κ2) is 8.71. The first kappa shape index (κ1) is 19.5. The van der Waals surface area contributed by atoms with Crippen molar-refractivity contribution in [1.29, 1.82) is 0 Å². The van der Waals surface area contributed by atoms with Crippen LogP contribution in [0.1, 0.15) is 0 Å². The lowest BCUT2D eigenvalue weighted by Crippen LogP contribution is -2.13. The third-order valence-electron chi connectivity index (χ3n) is 4.27. The maximum absolute atomic E-state index is 12.3. The molecule has 2 N–H and O–H groups in total. The van der Waals surface area contributed by atoms with E-state index in [1.807, 2.05) is 30.3 Å². The predicted octanol–water partition coefficient (Wildman–Crippen LogP) is 5.60. The lowest BCUT2D eigenvalue weighted by Gasteiger charge is -2.08. The number of para-hydroxylation sites is 1. The first-order valence-electron chi connectivity index (χ1n) is 9.09. The van der Waals surface area contributed by atoms with Gasteiger partial charge in [0.05, 0.1) is 15.7 Å². The molecule has 1 amide bonds. The second-order valence-electron chi connectivity index (χ2n) is 6.44. The molecule has 0 bridgehead atoms. The van der Waals surface area contributed by atoms with Crippen LogP contribution in [-0.2, 0) is 4.79 Å². The summed E-state index contributed by atoms with van der Waals surface area (Å²) in [5.41, 5.74) is 1.50. The standard InChI is InChI=1S/C22H17N3O4S/c26-21(14-30-22-13-15-12-17(25(27)28)8-11-20(15)24-22)23-16-6-9-19(10-7-16)29-18-4-2-1-3-5-18/h1-13,24H,14H2,(H,23,26). The molecular weight excluding hydrogens is 402 g/mol. The smallest absolute Gasteiger partial charge is 0.270 e. The monoisotopic (exact) mass is 419 g/mol. The van der Waals surface area contributed by atoms with Crippen LogP contribution in [0.3, 0.4) is 0 Å². The van der Waals surface area contributed by atoms with Gasteiger partial charge in [0, 0.05) is 28.7 Å². The number of H-pyrrole nitrogens is 1. The Morgan fingerprint density at radius 1 is 1.00 bits per heavy atom. The van der Waals surface area contributed by atoms with Crippen LogP contribution in [0.5, 0.6) is 11.5 Å². The SMILES string of the molecule is O=C(CSc1cc2cc([N+](=O)[O-])ccc2[nH]1)Nc1ccc(Oc2ccccc2)cc1. The Morgan fingerprint density at radius 3 is 2.47 bits per heavy atom. The number of rotatable bonds is 7. The van der Waals surface area contributed by atoms with Crippen molar-refractivity contribution in [2.75, 3.05) is 11.1 Å². The number of aromatic nitrogens is 1. The average molecular weight is 419 g/mol. The Morgan fingerprint density at radius 2 is 1.73 bits per heavy atom. The summed E-state index contributed by atoms with van der Waals surface area (Å²) in [6.07, 6.45) is 0. The van der Waals surface area contributed by atoms with E-state index in [2.05, 4.69) is 10.3 Å². The second-order valence-corrected chi connectivity index (χ2v) is 7.46. The third-order valence-corrected chi connectivity index (χ3v) is 5.20. The number of hydrogen-bond acceptors (Lipinski definition) is 5. The number of ether oxygens (including phenoxy) is 1. The number of anilines is 1. The highest BCUT2D eigenvalue weighted by atomic mass is 32.2. The zero-order valence-corrected chi connectivity index (χ0v) is 16.5. The molecule has 1 aromatic heterocycles. The van der Waals surface area contributed by atoms with Gasteiger partial charge in [0.2, 0.25) is 5.91 Å². The largest absolute Gasteiger partial charge is 0.457 e. The molecule has 4 aromatic rings. The molecule has 0 aliphatic carbocycles. The zero-order chi connectivity index (χ0) is 20.9. The minimum atomic E-state index is -0.428. The van der Waals surface area contributed by atoms with Gasteiger partial charge in [-0.2, -0.15) is 0 Å². The number of amides is 1. The van der Waals surface area contributed by atoms with Crippen molar-refractivity contribution in [3.63, 3.8) is 0 Å². The molecule has 8 heteroatoms. The summed E-state index contributed by atoms with van der Waals surface area (Å²) in [6, 6.07) is 23.0. The van der Waals surface area contributed by atoms with Crippen LogP contribution >= 0.6 is 11.8 Å². The summed E-state index contributed by atoms with van der Waals surface area (Å²) in [5.74, 6) is 1.48. The first-order chi connectivity index (χ1) is 14.6. The number of benzene rings is 3. The van der Waals surface area contributed by atoms with Gasteiger partial charge in [-0.25, -0.2) is 0 Å². The van der Waals surface area contributed by atoms with Gasteiger partial charge in [-0.1, -0.05) is 30.0 Å². The van der Waals surface area contributed by atoms with Crippen LogP contribution in [0.4, 0.5) is 11.4 Å². The van der Waals surface area contributed by atoms with Crippen LogP contribution < -0.4 is 10.1 Å². The summed E-state index contributed by atoms with van der Waals surface area (Å²) in [5, 5.41) is 15.2. The van der Waals surface area contributed by atoms with E-state index >= 15 is 0 Å². The van der Waals surface area contributed by atoms with Gasteiger partial charge in [-0.05, 0) is 48.5 Å². The van der Waals surface area contributed by atoms with Crippen molar-refractivity contribution in [3.05, 3.63) is 89.0 Å². The van der Waals surface area contributed by atoms with Crippen molar-refractivity contribution in [1.82, 2.24) is 4.98 Å². The van der Waals surface area contributed by atoms with Gasteiger partial charge in [0.1, 0.15) is 11.5 Å². The van der Waals surface area contributed by atoms with Crippen LogP contribution in [-0.4, -0.2) is 21.6 Å². The number of hydrogen-bond donors (Lipinski definition) is 2. The van der Waals surface area contributed by atoms with Crippen molar-refractivity contribution < 1.29 is 14.5 Å². The summed E-state index contributed by atoms with van der Waals surface area (Å²) in [6.45, 7) is 0. The van der Waals surface area contributed by atoms with Gasteiger partial charge in [-0.3, -0.25) is 14.9 Å². The molecule has 0 aliphatic heterocycles. The first-order valence-corrected chi connectivity index (χ1v) is 10.1. The molecule has 0 atom stereocenters. The van der Waals surface area contributed by atoms with Crippen molar-refractivity contribution in [2.45, 2.75) is 5.03 Å². The quantitative estimate of drug-likeness (QED) is 0.231. The molecule has 150 valence electrons. The lowest BCUT2D eigenvalue weighted by molar-refractivity contribution is -0.384. The Hall–Kier alpha value is -3.78. The van der Waals surface area contributed by atoms with E-state index in [4.69, 9.17) is 4.74 Å². The highest BCUT2D eigenvalue weighted by Crippen LogP contribution is 2.27. The molecule has 0 fully saturated rings. The van der Waals surface area contributed by atoms with E-state index < -0.39 is 4.92 Å². The topological polar surface area (TPSA) is 97.3 Å². The molecule has 0 saturated carbocycles. The van der Waals surface area contributed by atoms with Crippen molar-refractivity contribution >= 4 is 39.9 Å². The summed E-state index contributed by atoms with van der Waals surface area (Å²) in [7, 11) is 0. The van der Waals surface area contributed by atoms with Gasteiger partial charge in [-0.15, -0.1) is 0 Å². The average Bonchev–Trinajstić information content (AvgIpc) is 3.16. The van der Waals surface area contributed by atoms with Crippen molar-refractivity contribution in [2.24, 2.45) is 0 Å². The lowest BCUT2D eigenvalue weighted by atomic mass is 10.2. The van der Waals surface area contributed by atoms with Gasteiger partial charge < -0.3 is 15.0 Å². The molecule has 0 spiro atoms. The molecule has 0 saturated heterocycles. The van der Waals surface area contributed by atoms with Crippen molar-refractivity contribution in [3.8, 4) is 11.5 Å². The molecule has 4 rings (SSSR count). The molecule has 0 unspecified atom stereocenters. The van der Waals surface area contributed by atoms with E-state index in [-0.39, 0.29) is 17.3 Å². The number of nitrogens with one attached hydrogen (secondary N) is 2. The van der Waals surface area contributed by atoms with Crippen LogP contribution in [0, 0.1) is 10.1 Å². The molecular formula is C22H17N3O4S. The highest BCUT2D eigenvalue weighted by molar-refractivity contribution is 7.99. The summed E-state index contributed by atoms with van der Waals surface area (Å²) < 4.78 is 5.73. The number of nitrogens with zero attached hydrogens (tertiary/aromatic N) is 1. The van der Waals surface area contributed by atoms with Gasteiger partial charge in [0.25, 0.3) is 5.69 Å². The molecule has 7 nitrogen and oxygen atoms in total. The molecule has 30 heavy (non-hydrogen) atoms. The summed E-state index contributed by atoms with van der Waals surface area (Å²) >= 11 is 1.33. The predicted molar refractivity (Wildman–Crippen MR) is 117 cm³/mol. The fourth-order valence-corrected chi connectivity index (χ4v) is 3.61. The van der Waals surface area contributed by atoms with Crippen LogP contribution in [0.25, 0.3) is 10.9 Å². The number of nitro benzene ring substituents is 1. The van der Waals surface area contributed by atoms with E-state index in [0.717, 1.165) is 21.7 Å². The maximum atomic E-state index is 12.3. The number of carbonyl (C=O) groups is 1. The van der Waals surface area contributed by atoms with E-state index in [9.17, 15) is 14.9 Å². The Balaban J connectivity index is 1.32. The Kier molecular flexibility index (Phi) is 5.67. The van der Waals surface area contributed by atoms with Crippen LogP contribution in [0.15, 0.2) is 83.9 Å². The third kappa shape index (κ3) is 4.79. The number of thioether (sulfide) groups is 1. The highest BCUT2D eigenvalue weighted by Gasteiger charge is 2.10. The number of fused-ring (bicyclic) bond motifs is 1. The number of non-ortho nitro benzene ring substituents is 1. The number of nitro groups is 1. The van der Waals surface area contributed by atoms with Gasteiger partial charge >= 0.3 is 0 Å².